The minimum Gasteiger partial charge on any atom is -0.377 e. The molecule has 5 aliphatic rings. The van der Waals surface area contributed by atoms with Gasteiger partial charge < -0.3 is 20.3 Å². The summed E-state index contributed by atoms with van der Waals surface area (Å²) >= 11 is 0. The van der Waals surface area contributed by atoms with Gasteiger partial charge in [-0.2, -0.15) is 0 Å². The van der Waals surface area contributed by atoms with E-state index >= 15 is 0 Å². The number of nitrogens with zero attached hydrogens (tertiary/aromatic N) is 1. The van der Waals surface area contributed by atoms with Gasteiger partial charge in [-0.3, -0.25) is 14.4 Å². The number of alkyl halides is 1. The number of carbonyl (C=O) groups excluding carboxylic acids is 3. The number of hydrogen-bond acceptors (Lipinski definition) is 5. The third-order valence-electron chi connectivity index (χ3n) is 7.21. The van der Waals surface area contributed by atoms with Crippen molar-refractivity contribution in [2.45, 2.75) is 50.4 Å². The molecule has 0 aromatic heterocycles. The molecule has 5 atom stereocenters. The standard InChI is InChI=1S/C23H28FN3O4/c24-17-7-3-6-14-13-8-9-27(10-18(13)25-21(14)17)23(30)16-5-2-1-4-15(16)22(29)26-19-11-31-12-20(19)28/h3,6-7,15-17,19,21,25H,1-2,4-5,8-12H2,(H,26,29)/t15-,16-,17?,19?,21?/m1/s1. The second kappa shape index (κ2) is 8.22. The predicted octanol–water partition coefficient (Wildman–Crippen LogP) is 1.17. The Morgan fingerprint density at radius 1 is 1.23 bits per heavy atom. The Hall–Kier alpha value is -2.48. The quantitative estimate of drug-likeness (QED) is 0.703. The summed E-state index contributed by atoms with van der Waals surface area (Å²) in [4.78, 5) is 40.0. The smallest absolute Gasteiger partial charge is 0.226 e. The van der Waals surface area contributed by atoms with E-state index in [2.05, 4.69) is 10.6 Å². The van der Waals surface area contributed by atoms with Gasteiger partial charge in [0.1, 0.15) is 18.8 Å². The van der Waals surface area contributed by atoms with Crippen LogP contribution in [0, 0.1) is 11.8 Å². The number of fused-ring (bicyclic) bond motifs is 2. The molecule has 3 aliphatic heterocycles. The summed E-state index contributed by atoms with van der Waals surface area (Å²) in [7, 11) is 0. The van der Waals surface area contributed by atoms with Crippen LogP contribution in [0.4, 0.5) is 4.39 Å². The van der Waals surface area contributed by atoms with E-state index in [-0.39, 0.29) is 42.8 Å². The van der Waals surface area contributed by atoms with E-state index in [0.29, 0.717) is 32.4 Å². The zero-order valence-electron chi connectivity index (χ0n) is 17.4. The summed E-state index contributed by atoms with van der Waals surface area (Å²) in [5, 5.41) is 6.08. The van der Waals surface area contributed by atoms with Gasteiger partial charge in [0.25, 0.3) is 0 Å². The molecule has 0 aromatic rings. The number of rotatable bonds is 3. The first-order valence-corrected chi connectivity index (χ1v) is 11.2. The second-order valence-corrected chi connectivity index (χ2v) is 9.08. The highest BCUT2D eigenvalue weighted by Crippen LogP contribution is 2.38. The monoisotopic (exact) mass is 429 g/mol. The van der Waals surface area contributed by atoms with E-state index in [9.17, 15) is 18.8 Å². The van der Waals surface area contributed by atoms with Crippen molar-refractivity contribution >= 4 is 17.6 Å². The average Bonchev–Trinajstić information content (AvgIpc) is 3.36. The van der Waals surface area contributed by atoms with Gasteiger partial charge in [-0.1, -0.05) is 25.0 Å². The Morgan fingerprint density at radius 2 is 2.03 bits per heavy atom. The lowest BCUT2D eigenvalue weighted by Crippen LogP contribution is -2.50. The molecule has 31 heavy (non-hydrogen) atoms. The van der Waals surface area contributed by atoms with Crippen LogP contribution in [-0.4, -0.2) is 67.1 Å². The van der Waals surface area contributed by atoms with Crippen LogP contribution < -0.4 is 10.6 Å². The first kappa shape index (κ1) is 20.4. The molecule has 0 radical (unpaired) electrons. The highest BCUT2D eigenvalue weighted by Gasteiger charge is 2.42. The highest BCUT2D eigenvalue weighted by molar-refractivity contribution is 5.93. The summed E-state index contributed by atoms with van der Waals surface area (Å²) in [6, 6.07) is -0.959. The van der Waals surface area contributed by atoms with Crippen molar-refractivity contribution in [2.24, 2.45) is 11.8 Å². The second-order valence-electron chi connectivity index (χ2n) is 9.08. The summed E-state index contributed by atoms with van der Waals surface area (Å²) in [6.07, 6.45) is 8.02. The van der Waals surface area contributed by atoms with Crippen molar-refractivity contribution in [1.82, 2.24) is 15.5 Å². The van der Waals surface area contributed by atoms with Gasteiger partial charge in [-0.25, -0.2) is 4.39 Å². The molecule has 3 unspecified atom stereocenters. The van der Waals surface area contributed by atoms with Crippen LogP contribution in [0.2, 0.25) is 0 Å². The van der Waals surface area contributed by atoms with Crippen molar-refractivity contribution in [3.63, 3.8) is 0 Å². The van der Waals surface area contributed by atoms with Crippen molar-refractivity contribution in [3.8, 4) is 0 Å². The molecular weight excluding hydrogens is 401 g/mol. The van der Waals surface area contributed by atoms with Crippen LogP contribution in [0.15, 0.2) is 35.1 Å². The highest BCUT2D eigenvalue weighted by atomic mass is 19.1. The van der Waals surface area contributed by atoms with Crippen molar-refractivity contribution in [2.75, 3.05) is 26.3 Å². The van der Waals surface area contributed by atoms with E-state index in [4.69, 9.17) is 4.74 Å². The third kappa shape index (κ3) is 3.71. The van der Waals surface area contributed by atoms with E-state index in [1.807, 2.05) is 11.0 Å². The number of carbonyl (C=O) groups is 3. The molecule has 166 valence electrons. The van der Waals surface area contributed by atoms with Crippen LogP contribution in [0.25, 0.3) is 0 Å². The number of halogens is 1. The molecule has 2 amide bonds. The number of amides is 2. The van der Waals surface area contributed by atoms with E-state index < -0.39 is 18.1 Å². The molecule has 2 N–H and O–H groups in total. The van der Waals surface area contributed by atoms with Gasteiger partial charge in [-0.15, -0.1) is 0 Å². The van der Waals surface area contributed by atoms with Gasteiger partial charge in [0.15, 0.2) is 5.78 Å². The molecule has 8 heteroatoms. The molecule has 0 aromatic carbocycles. The molecular formula is C23H28FN3O4. The van der Waals surface area contributed by atoms with Gasteiger partial charge in [0, 0.05) is 24.1 Å². The fourth-order valence-corrected chi connectivity index (χ4v) is 5.53. The summed E-state index contributed by atoms with van der Waals surface area (Å²) < 4.78 is 19.4. The van der Waals surface area contributed by atoms with Crippen LogP contribution in [0.5, 0.6) is 0 Å². The van der Waals surface area contributed by atoms with E-state index in [1.54, 1.807) is 12.2 Å². The molecule has 3 heterocycles. The van der Waals surface area contributed by atoms with Crippen molar-refractivity contribution in [3.05, 3.63) is 35.1 Å². The maximum atomic E-state index is 14.3. The average molecular weight is 429 g/mol. The van der Waals surface area contributed by atoms with E-state index in [1.165, 1.54) is 0 Å². The van der Waals surface area contributed by atoms with Crippen LogP contribution in [-0.2, 0) is 19.1 Å². The van der Waals surface area contributed by atoms with Gasteiger partial charge >= 0.3 is 0 Å². The molecule has 0 spiro atoms. The number of Topliss-reactive ketones (excluding diaryl/α,β-unsaturated/α-hetero) is 1. The Labute approximate surface area is 180 Å². The molecule has 1 saturated carbocycles. The molecule has 0 bridgehead atoms. The number of hydrogen-bond donors (Lipinski definition) is 2. The predicted molar refractivity (Wildman–Crippen MR) is 110 cm³/mol. The normalized spacial score (nSPS) is 34.7. The third-order valence-corrected chi connectivity index (χ3v) is 7.21. The molecule has 1 saturated heterocycles. The molecule has 2 fully saturated rings. The lowest BCUT2D eigenvalue weighted by atomic mass is 9.77. The van der Waals surface area contributed by atoms with E-state index in [0.717, 1.165) is 29.7 Å². The molecule has 5 rings (SSSR count). The number of allylic oxidation sites excluding steroid dienone is 2. The van der Waals surface area contributed by atoms with Gasteiger partial charge in [-0.05, 0) is 36.5 Å². The summed E-state index contributed by atoms with van der Waals surface area (Å²) in [5.41, 5.74) is 3.04. The van der Waals surface area contributed by atoms with Crippen LogP contribution >= 0.6 is 0 Å². The Balaban J connectivity index is 1.27. The first-order chi connectivity index (χ1) is 15.0. The number of ketones is 1. The lowest BCUT2D eigenvalue weighted by Gasteiger charge is -2.36. The minimum absolute atomic E-state index is 0.0130. The Bertz CT molecular complexity index is 895. The Kier molecular flexibility index (Phi) is 5.42. The fraction of sp³-hybridized carbons (Fsp3) is 0.609. The number of ether oxygens (including phenoxy) is 1. The molecule has 7 nitrogen and oxygen atoms in total. The first-order valence-electron chi connectivity index (χ1n) is 11.2. The molecule has 2 aliphatic carbocycles. The topological polar surface area (TPSA) is 87.7 Å². The van der Waals surface area contributed by atoms with Crippen LogP contribution in [0.3, 0.4) is 0 Å². The fourth-order valence-electron chi connectivity index (χ4n) is 5.53. The maximum Gasteiger partial charge on any atom is 0.226 e. The summed E-state index contributed by atoms with van der Waals surface area (Å²) in [5.74, 6) is -1.16. The van der Waals surface area contributed by atoms with Crippen LogP contribution in [0.1, 0.15) is 32.1 Å². The minimum atomic E-state index is -1.07. The van der Waals surface area contributed by atoms with Gasteiger partial charge in [0.05, 0.1) is 19.2 Å². The zero-order chi connectivity index (χ0) is 21.5. The Morgan fingerprint density at radius 3 is 2.81 bits per heavy atom. The SMILES string of the molecule is O=C1COCC1NC(=O)[C@@H]1CCCC[C@H]1C(=O)N1CCC2=C(C1)NC1C2=CC=CC1F. The lowest BCUT2D eigenvalue weighted by molar-refractivity contribution is -0.144. The maximum absolute atomic E-state index is 14.3. The largest absolute Gasteiger partial charge is 0.377 e. The van der Waals surface area contributed by atoms with Crippen molar-refractivity contribution < 1.29 is 23.5 Å². The number of nitrogens with one attached hydrogen (secondary N) is 2. The van der Waals surface area contributed by atoms with Crippen molar-refractivity contribution in [1.29, 1.82) is 0 Å². The van der Waals surface area contributed by atoms with Gasteiger partial charge in [0.2, 0.25) is 11.8 Å². The zero-order valence-corrected chi connectivity index (χ0v) is 17.4. The summed E-state index contributed by atoms with van der Waals surface area (Å²) in [6.45, 7) is 1.23.